The quantitative estimate of drug-likeness (QED) is 0.169. The van der Waals surface area contributed by atoms with E-state index in [9.17, 15) is 68.4 Å². The molecule has 3 aromatic carbocycles. The van der Waals surface area contributed by atoms with Gasteiger partial charge in [-0.25, -0.2) is 8.78 Å². The van der Waals surface area contributed by atoms with Crippen LogP contribution in [0.2, 0.25) is 0 Å². The number of nitriles is 8. The molecule has 0 saturated heterocycles. The number of nitrogens with zero attached hydrogens (tertiary/aromatic N) is 8. The van der Waals surface area contributed by atoms with Crippen molar-refractivity contribution in [3.8, 4) is 54.3 Å². The van der Waals surface area contributed by atoms with Crippen LogP contribution in [0.1, 0.15) is 51.8 Å². The number of ether oxygens (including phenoxy) is 2. The highest BCUT2D eigenvalue weighted by atomic mass is 19.4. The molecule has 0 spiro atoms. The molecule has 0 saturated carbocycles. The van der Waals surface area contributed by atoms with E-state index in [0.29, 0.717) is 0 Å². The molecule has 7 rings (SSSR count). The van der Waals surface area contributed by atoms with Crippen LogP contribution in [0.15, 0.2) is 135 Å². The van der Waals surface area contributed by atoms with E-state index in [1.165, 1.54) is 0 Å². The summed E-state index contributed by atoms with van der Waals surface area (Å²) in [6.45, 7) is 0. The fourth-order valence-corrected chi connectivity index (χ4v) is 8.48. The van der Waals surface area contributed by atoms with Crippen LogP contribution in [0, 0.1) is 102 Å². The Kier molecular flexibility index (Phi) is 11.5. The molecule has 0 fully saturated rings. The first-order valence-electron chi connectivity index (χ1n) is 18.8. The Morgan fingerprint density at radius 2 is 1.08 bits per heavy atom. The minimum atomic E-state index is -5.17. The predicted molar refractivity (Wildman–Crippen MR) is 211 cm³/mol. The van der Waals surface area contributed by atoms with Gasteiger partial charge in [0.15, 0.2) is 5.83 Å². The third-order valence-corrected chi connectivity index (χ3v) is 10.8. The highest BCUT2D eigenvalue weighted by molar-refractivity contribution is 6.00. The summed E-state index contributed by atoms with van der Waals surface area (Å²) >= 11 is 0. The monoisotopic (exact) mass is 890 g/mol. The number of fused-ring (bicyclic) bond motifs is 2. The highest BCUT2D eigenvalue weighted by Crippen LogP contribution is 2.64. The summed E-state index contributed by atoms with van der Waals surface area (Å²) in [6.07, 6.45) is -9.20. The van der Waals surface area contributed by atoms with Gasteiger partial charge in [-0.3, -0.25) is 0 Å². The molecule has 18 heteroatoms. The van der Waals surface area contributed by atoms with Crippen LogP contribution in [0.5, 0.6) is 5.75 Å². The fraction of sp³-hybridized carbons (Fsp3) is 0.125. The van der Waals surface area contributed by atoms with Gasteiger partial charge in [0.2, 0.25) is 0 Å². The van der Waals surface area contributed by atoms with E-state index in [1.54, 1.807) is 12.1 Å². The molecule has 66 heavy (non-hydrogen) atoms. The van der Waals surface area contributed by atoms with Gasteiger partial charge in [-0.1, -0.05) is 18.2 Å². The molecule has 4 aliphatic rings. The number of hydrogen-bond acceptors (Lipinski definition) is 10. The van der Waals surface area contributed by atoms with Gasteiger partial charge in [0, 0.05) is 35.0 Å². The maximum Gasteiger partial charge on any atom is 0.573 e. The van der Waals surface area contributed by atoms with E-state index < -0.39 is 105 Å². The number of alkyl halides is 6. The second kappa shape index (κ2) is 17.0. The highest BCUT2D eigenvalue weighted by Gasteiger charge is 2.54. The molecular weight excluding hydrogens is 873 g/mol. The number of rotatable bonds is 6. The molecular formula is C48H18F8N8O2. The lowest BCUT2D eigenvalue weighted by atomic mass is 9.64. The molecule has 3 aromatic rings. The number of benzene rings is 3. The summed E-state index contributed by atoms with van der Waals surface area (Å²) < 4.78 is 124. The molecule has 10 nitrogen and oxygen atoms in total. The Balaban J connectivity index is 1.73. The standard InChI is InChI=1S/C48H18F8N8O2/c49-45-35(21-63)39-37(27-1-5-31(6-2-27)65-47(51,52)53)40-36(22-64)46(50)42(34(20-62)30-13-25(17-59)10-26(14-30)18-60)44(40)38(28-3-7-32(8-4-28)66-48(54,55)56)43(39)41(45)33(19-61)29-11-23(15-57)9-24(12-29)16-58/h1-3,5-7,9-14,39,43H,4,8H2/b41-33-,42-34-. The Morgan fingerprint density at radius 1 is 0.545 bits per heavy atom. The van der Waals surface area contributed by atoms with Crippen LogP contribution in [0.4, 0.5) is 35.1 Å². The number of hydrogen-bond donors (Lipinski definition) is 0. The Bertz CT molecular complexity index is 3280. The predicted octanol–water partition coefficient (Wildman–Crippen LogP) is 11.0. The van der Waals surface area contributed by atoms with E-state index in [0.717, 1.165) is 72.8 Å². The van der Waals surface area contributed by atoms with Gasteiger partial charge in [0.25, 0.3) is 0 Å². The Hall–Kier alpha value is -9.46. The maximum atomic E-state index is 17.6. The largest absolute Gasteiger partial charge is 0.573 e. The first-order valence-corrected chi connectivity index (χ1v) is 18.8. The van der Waals surface area contributed by atoms with Crippen molar-refractivity contribution in [2.24, 2.45) is 11.8 Å². The fourth-order valence-electron chi connectivity index (χ4n) is 8.48. The first-order chi connectivity index (χ1) is 31.4. The van der Waals surface area contributed by atoms with Crippen LogP contribution in [0.25, 0.3) is 16.7 Å². The van der Waals surface area contributed by atoms with Crippen LogP contribution in [-0.4, -0.2) is 12.7 Å². The second-order valence-electron chi connectivity index (χ2n) is 14.4. The third-order valence-electron chi connectivity index (χ3n) is 10.8. The maximum absolute atomic E-state index is 17.6. The van der Waals surface area contributed by atoms with E-state index in [-0.39, 0.29) is 55.7 Å². The zero-order chi connectivity index (χ0) is 47.8. The van der Waals surface area contributed by atoms with E-state index in [1.807, 2.05) is 36.4 Å². The van der Waals surface area contributed by atoms with Crippen molar-refractivity contribution in [1.29, 1.82) is 42.1 Å². The first kappa shape index (κ1) is 44.6. The molecule has 0 bridgehead atoms. The summed E-state index contributed by atoms with van der Waals surface area (Å²) in [4.78, 5) is 0. The normalized spacial score (nSPS) is 19.3. The number of allylic oxidation sites excluding steroid dienone is 16. The third kappa shape index (κ3) is 7.92. The van der Waals surface area contributed by atoms with E-state index in [4.69, 9.17) is 0 Å². The van der Waals surface area contributed by atoms with Gasteiger partial charge >= 0.3 is 12.7 Å². The van der Waals surface area contributed by atoms with Crippen molar-refractivity contribution in [1.82, 2.24) is 0 Å². The average molecular weight is 891 g/mol. The topological polar surface area (TPSA) is 209 Å². The Morgan fingerprint density at radius 3 is 1.52 bits per heavy atom. The lowest BCUT2D eigenvalue weighted by Crippen LogP contribution is -2.26. The van der Waals surface area contributed by atoms with Crippen molar-refractivity contribution >= 4 is 16.7 Å². The average Bonchev–Trinajstić information content (AvgIpc) is 3.74. The molecule has 0 aromatic heterocycles. The van der Waals surface area contributed by atoms with E-state index >= 15 is 8.78 Å². The molecule has 4 aliphatic carbocycles. The molecule has 0 heterocycles. The van der Waals surface area contributed by atoms with Crippen molar-refractivity contribution in [3.05, 3.63) is 174 Å². The lowest BCUT2D eigenvalue weighted by Gasteiger charge is -2.37. The zero-order valence-electron chi connectivity index (χ0n) is 32.9. The second-order valence-corrected chi connectivity index (χ2v) is 14.4. The van der Waals surface area contributed by atoms with Gasteiger partial charge in [-0.05, 0) is 100 Å². The van der Waals surface area contributed by atoms with Crippen molar-refractivity contribution < 1.29 is 44.6 Å². The van der Waals surface area contributed by atoms with Crippen LogP contribution in [-0.2, 0) is 4.74 Å². The van der Waals surface area contributed by atoms with E-state index in [2.05, 4.69) is 9.47 Å². The molecule has 0 N–H and O–H groups in total. The van der Waals surface area contributed by atoms with Crippen LogP contribution >= 0.6 is 0 Å². The molecule has 2 atom stereocenters. The number of halogens is 8. The molecule has 2 unspecified atom stereocenters. The van der Waals surface area contributed by atoms with Crippen molar-refractivity contribution in [3.63, 3.8) is 0 Å². The summed E-state index contributed by atoms with van der Waals surface area (Å²) in [5.41, 5.74) is -6.70. The minimum Gasteiger partial charge on any atom is -0.410 e. The van der Waals surface area contributed by atoms with Gasteiger partial charge < -0.3 is 9.47 Å². The van der Waals surface area contributed by atoms with Gasteiger partial charge in [0.1, 0.15) is 35.5 Å². The van der Waals surface area contributed by atoms with Crippen molar-refractivity contribution in [2.75, 3.05) is 0 Å². The molecule has 0 radical (unpaired) electrons. The lowest BCUT2D eigenvalue weighted by molar-refractivity contribution is -0.306. The molecule has 0 aliphatic heterocycles. The molecule has 318 valence electrons. The van der Waals surface area contributed by atoms with Gasteiger partial charge in [-0.2, -0.15) is 42.1 Å². The van der Waals surface area contributed by atoms with Gasteiger partial charge in [-0.15, -0.1) is 26.3 Å². The summed E-state index contributed by atoms with van der Waals surface area (Å²) in [5.74, 6) is -7.56. The Labute approximate surface area is 368 Å². The zero-order valence-corrected chi connectivity index (χ0v) is 32.9. The SMILES string of the molecule is N#CC1=C(F)/C(=C(/C#N)c2cc(C#N)cc(C#N)c2)C2=C(C3=CC=C(OC(F)(F)F)CC3)C3/C(=C(\C#N)c4cc(C#N)cc(C#N)c4)C(F)=C(C#N)C3C(c3ccc(OC(F)(F)F)cc3)=C12. The van der Waals surface area contributed by atoms with Crippen molar-refractivity contribution in [2.45, 2.75) is 25.6 Å². The van der Waals surface area contributed by atoms with Crippen LogP contribution < -0.4 is 4.74 Å². The summed E-state index contributed by atoms with van der Waals surface area (Å²) in [7, 11) is 0. The molecule has 0 amide bonds. The smallest absolute Gasteiger partial charge is 0.410 e. The minimum absolute atomic E-state index is 0.00413. The van der Waals surface area contributed by atoms with Crippen LogP contribution in [0.3, 0.4) is 0 Å². The summed E-state index contributed by atoms with van der Waals surface area (Å²) in [5, 5.41) is 82.5. The summed E-state index contributed by atoms with van der Waals surface area (Å²) in [6, 6.07) is 25.1. The van der Waals surface area contributed by atoms with Gasteiger partial charge in [0.05, 0.1) is 74.9 Å².